The van der Waals surface area contributed by atoms with Crippen LogP contribution in [0.25, 0.3) is 11.0 Å². The van der Waals surface area contributed by atoms with E-state index >= 15 is 0 Å². The molecule has 1 aliphatic rings. The number of nitrogens with zero attached hydrogens (tertiary/aromatic N) is 3. The summed E-state index contributed by atoms with van der Waals surface area (Å²) in [5.74, 6) is 0.357. The summed E-state index contributed by atoms with van der Waals surface area (Å²) in [4.78, 5) is 29.2. The topological polar surface area (TPSA) is 113 Å². The minimum atomic E-state index is -3.54. The average Bonchev–Trinajstić information content (AvgIpc) is 3.18. The van der Waals surface area contributed by atoms with Crippen LogP contribution in [0.5, 0.6) is 0 Å². The number of piperidine rings is 1. The van der Waals surface area contributed by atoms with E-state index in [1.54, 1.807) is 47.8 Å². The molecule has 2 N–H and O–H groups in total. The van der Waals surface area contributed by atoms with E-state index in [0.717, 1.165) is 30.3 Å². The lowest BCUT2D eigenvalue weighted by Gasteiger charge is -2.25. The van der Waals surface area contributed by atoms with Gasteiger partial charge in [0.1, 0.15) is 5.82 Å². The summed E-state index contributed by atoms with van der Waals surface area (Å²) in [6.45, 7) is 2.94. The Morgan fingerprint density at radius 1 is 1.06 bits per heavy atom. The first-order valence-electron chi connectivity index (χ1n) is 11.8. The molecule has 1 fully saturated rings. The number of nitrogens with one attached hydrogen (secondary N) is 2. The molecule has 2 amide bonds. The van der Waals surface area contributed by atoms with E-state index in [4.69, 9.17) is 0 Å². The fourth-order valence-corrected chi connectivity index (χ4v) is 5.93. The van der Waals surface area contributed by atoms with Gasteiger partial charge in [-0.25, -0.2) is 13.4 Å². The predicted molar refractivity (Wildman–Crippen MR) is 135 cm³/mol. The van der Waals surface area contributed by atoms with Crippen molar-refractivity contribution in [3.8, 4) is 0 Å². The van der Waals surface area contributed by atoms with Crippen molar-refractivity contribution in [3.63, 3.8) is 0 Å². The molecule has 0 saturated carbocycles. The number of aromatic nitrogens is 2. The van der Waals surface area contributed by atoms with Gasteiger partial charge in [0.2, 0.25) is 15.9 Å². The number of rotatable bonds is 7. The Kier molecular flexibility index (Phi) is 7.23. The Morgan fingerprint density at radius 2 is 1.80 bits per heavy atom. The van der Waals surface area contributed by atoms with E-state index < -0.39 is 10.0 Å². The number of hydrogen-bond acceptors (Lipinski definition) is 5. The smallest absolute Gasteiger partial charge is 0.251 e. The number of fused-ring (bicyclic) bond motifs is 1. The number of aryl methyl sites for hydroxylation is 3. The quantitative estimate of drug-likeness (QED) is 0.521. The molecule has 1 aromatic heterocycles. The van der Waals surface area contributed by atoms with Crippen molar-refractivity contribution in [1.29, 1.82) is 0 Å². The van der Waals surface area contributed by atoms with Crippen LogP contribution in [0, 0.1) is 6.92 Å². The zero-order chi connectivity index (χ0) is 25.2. The van der Waals surface area contributed by atoms with Crippen molar-refractivity contribution in [2.24, 2.45) is 7.05 Å². The number of carbonyl (C=O) groups excluding carboxylic acids is 2. The Hall–Kier alpha value is -3.24. The van der Waals surface area contributed by atoms with E-state index in [-0.39, 0.29) is 23.1 Å². The van der Waals surface area contributed by atoms with Gasteiger partial charge in [-0.2, -0.15) is 4.31 Å². The van der Waals surface area contributed by atoms with Gasteiger partial charge in [0.25, 0.3) is 5.91 Å². The number of carbonyl (C=O) groups is 2. The summed E-state index contributed by atoms with van der Waals surface area (Å²) in [5, 5.41) is 5.47. The zero-order valence-electron chi connectivity index (χ0n) is 20.3. The number of imidazole rings is 1. The van der Waals surface area contributed by atoms with E-state index in [2.05, 4.69) is 15.6 Å². The molecule has 9 nitrogen and oxygen atoms in total. The van der Waals surface area contributed by atoms with Crippen LogP contribution in [0.3, 0.4) is 0 Å². The number of anilines is 1. The van der Waals surface area contributed by atoms with E-state index in [1.165, 1.54) is 0 Å². The third-order valence-electron chi connectivity index (χ3n) is 6.46. The third-order valence-corrected chi connectivity index (χ3v) is 8.36. The van der Waals surface area contributed by atoms with Gasteiger partial charge in [-0.15, -0.1) is 0 Å². The molecule has 0 spiro atoms. The molecule has 1 saturated heterocycles. The van der Waals surface area contributed by atoms with Gasteiger partial charge < -0.3 is 15.2 Å². The highest BCUT2D eigenvalue weighted by Crippen LogP contribution is 2.25. The first kappa shape index (κ1) is 24.9. The highest BCUT2D eigenvalue weighted by molar-refractivity contribution is 7.89. The maximum absolute atomic E-state index is 13.0. The Labute approximate surface area is 205 Å². The van der Waals surface area contributed by atoms with Gasteiger partial charge >= 0.3 is 0 Å². The van der Waals surface area contributed by atoms with Gasteiger partial charge in [0, 0.05) is 51.3 Å². The van der Waals surface area contributed by atoms with Crippen molar-refractivity contribution in [1.82, 2.24) is 19.2 Å². The molecule has 2 heterocycles. The van der Waals surface area contributed by atoms with Crippen molar-refractivity contribution in [2.75, 3.05) is 25.5 Å². The van der Waals surface area contributed by atoms with Crippen LogP contribution in [-0.2, 0) is 28.3 Å². The van der Waals surface area contributed by atoms with Crippen LogP contribution in [0.1, 0.15) is 47.4 Å². The molecule has 0 unspecified atom stereocenters. The minimum Gasteiger partial charge on any atom is -0.355 e. The van der Waals surface area contributed by atoms with Gasteiger partial charge in [-0.1, -0.05) is 6.42 Å². The standard InChI is InChI=1S/C25H31N5O4S/c1-17-15-18(25(32)26-2)7-9-20(17)28-24(31)12-11-23-27-21-16-19(8-10-22(21)29(23)3)35(33,34)30-13-5-4-6-14-30/h7-10,15-16H,4-6,11-14H2,1-3H3,(H,26,32)(H,28,31). The molecule has 35 heavy (non-hydrogen) atoms. The number of sulfonamides is 1. The number of benzene rings is 2. The second-order valence-corrected chi connectivity index (χ2v) is 10.8. The van der Waals surface area contributed by atoms with Crippen LogP contribution in [0.4, 0.5) is 5.69 Å². The van der Waals surface area contributed by atoms with Crippen molar-refractivity contribution in [2.45, 2.75) is 43.9 Å². The average molecular weight is 498 g/mol. The van der Waals surface area contributed by atoms with Crippen molar-refractivity contribution >= 4 is 38.6 Å². The van der Waals surface area contributed by atoms with Crippen LogP contribution >= 0.6 is 0 Å². The normalized spacial score (nSPS) is 14.7. The molecule has 0 atom stereocenters. The number of amides is 2. The van der Waals surface area contributed by atoms with E-state index in [9.17, 15) is 18.0 Å². The van der Waals surface area contributed by atoms with E-state index in [0.29, 0.717) is 42.1 Å². The SMILES string of the molecule is CNC(=O)c1ccc(NC(=O)CCc2nc3cc(S(=O)(=O)N4CCCCC4)ccc3n2C)c(C)c1. The fourth-order valence-electron chi connectivity index (χ4n) is 4.40. The molecule has 0 bridgehead atoms. The first-order valence-corrected chi connectivity index (χ1v) is 13.2. The minimum absolute atomic E-state index is 0.166. The van der Waals surface area contributed by atoms with Crippen molar-refractivity contribution in [3.05, 3.63) is 53.3 Å². The molecular formula is C25H31N5O4S. The lowest BCUT2D eigenvalue weighted by Crippen LogP contribution is -2.35. The highest BCUT2D eigenvalue weighted by Gasteiger charge is 2.26. The molecule has 4 rings (SSSR count). The molecule has 10 heteroatoms. The second-order valence-electron chi connectivity index (χ2n) is 8.86. The summed E-state index contributed by atoms with van der Waals surface area (Å²) in [5.41, 5.74) is 3.40. The molecule has 186 valence electrons. The van der Waals surface area contributed by atoms with Gasteiger partial charge in [0.05, 0.1) is 15.9 Å². The molecule has 0 radical (unpaired) electrons. The molecular weight excluding hydrogens is 466 g/mol. The maximum Gasteiger partial charge on any atom is 0.251 e. The Morgan fingerprint density at radius 3 is 2.49 bits per heavy atom. The zero-order valence-corrected chi connectivity index (χ0v) is 21.1. The molecule has 3 aromatic rings. The van der Waals surface area contributed by atoms with Crippen LogP contribution in [0.2, 0.25) is 0 Å². The van der Waals surface area contributed by atoms with Crippen LogP contribution in [0.15, 0.2) is 41.3 Å². The van der Waals surface area contributed by atoms with Crippen LogP contribution in [-0.4, -0.2) is 54.2 Å². The van der Waals surface area contributed by atoms with E-state index in [1.807, 2.05) is 18.5 Å². The van der Waals surface area contributed by atoms with Gasteiger partial charge in [0.15, 0.2) is 0 Å². The Bertz CT molecular complexity index is 1370. The van der Waals surface area contributed by atoms with Gasteiger partial charge in [-0.05, 0) is 61.7 Å². The number of hydrogen-bond donors (Lipinski definition) is 2. The summed E-state index contributed by atoms with van der Waals surface area (Å²) in [7, 11) is -0.100. The molecule has 1 aliphatic heterocycles. The third kappa shape index (κ3) is 5.23. The summed E-state index contributed by atoms with van der Waals surface area (Å²) in [6, 6.07) is 10.2. The second kappa shape index (κ2) is 10.2. The maximum atomic E-state index is 13.0. The lowest BCUT2D eigenvalue weighted by atomic mass is 10.1. The van der Waals surface area contributed by atoms with Crippen molar-refractivity contribution < 1.29 is 18.0 Å². The van der Waals surface area contributed by atoms with Crippen LogP contribution < -0.4 is 10.6 Å². The monoisotopic (exact) mass is 497 g/mol. The fraction of sp³-hybridized carbons (Fsp3) is 0.400. The molecule has 0 aliphatic carbocycles. The summed E-state index contributed by atoms with van der Waals surface area (Å²) < 4.78 is 29.5. The lowest BCUT2D eigenvalue weighted by molar-refractivity contribution is -0.116. The molecule has 2 aromatic carbocycles. The highest BCUT2D eigenvalue weighted by atomic mass is 32.2. The summed E-state index contributed by atoms with van der Waals surface area (Å²) >= 11 is 0. The summed E-state index contributed by atoms with van der Waals surface area (Å²) in [6.07, 6.45) is 3.44. The van der Waals surface area contributed by atoms with Gasteiger partial charge in [-0.3, -0.25) is 9.59 Å². The largest absolute Gasteiger partial charge is 0.355 e. The first-order chi connectivity index (χ1) is 16.7. The predicted octanol–water partition coefficient (Wildman–Crippen LogP) is 2.99. The Balaban J connectivity index is 1.45.